The molecule has 0 unspecified atom stereocenters. The predicted molar refractivity (Wildman–Crippen MR) is 111 cm³/mol. The van der Waals surface area contributed by atoms with Crippen LogP contribution < -0.4 is 10.2 Å². The second-order valence-electron chi connectivity index (χ2n) is 5.43. The Morgan fingerprint density at radius 2 is 2.00 bits per heavy atom. The molecule has 1 aliphatic rings. The molecule has 5 nitrogen and oxygen atoms in total. The fourth-order valence-electron chi connectivity index (χ4n) is 2.26. The van der Waals surface area contributed by atoms with Crippen molar-refractivity contribution in [2.45, 2.75) is 4.58 Å². The third-order valence-electron chi connectivity index (χ3n) is 3.53. The number of aromatic hydroxyl groups is 1. The minimum absolute atomic E-state index is 0.0844. The summed E-state index contributed by atoms with van der Waals surface area (Å²) in [5.74, 6) is 2.73. The maximum atomic E-state index is 11.8. The molecule has 1 fully saturated rings. The molecule has 2 N–H and O–H groups in total. The van der Waals surface area contributed by atoms with E-state index in [2.05, 4.69) is 26.5 Å². The molecule has 2 aromatic rings. The summed E-state index contributed by atoms with van der Waals surface area (Å²) in [6, 6.07) is 12.8. The second-order valence-corrected chi connectivity index (χ2v) is 9.07. The second kappa shape index (κ2) is 9.34. The van der Waals surface area contributed by atoms with Crippen LogP contribution in [0.15, 0.2) is 52.0 Å². The largest absolute Gasteiger partial charge is 0.507 e. The Balaban J connectivity index is 1.46. The van der Waals surface area contributed by atoms with Gasteiger partial charge in [0.1, 0.15) is 11.5 Å². The Kier molecular flexibility index (Phi) is 6.87. The molecule has 136 valence electrons. The van der Waals surface area contributed by atoms with E-state index >= 15 is 0 Å². The SMILES string of the molecule is O=C(COc1ccc(C2SCCS2)cc1)N/N=C\c1cc(Br)ccc1O. The molecule has 1 amide bonds. The third kappa shape index (κ3) is 5.43. The van der Waals surface area contributed by atoms with Crippen molar-refractivity contribution in [3.63, 3.8) is 0 Å². The summed E-state index contributed by atoms with van der Waals surface area (Å²) in [6.07, 6.45) is 1.38. The van der Waals surface area contributed by atoms with Crippen LogP contribution in [0.3, 0.4) is 0 Å². The van der Waals surface area contributed by atoms with E-state index in [0.29, 0.717) is 15.9 Å². The van der Waals surface area contributed by atoms with Gasteiger partial charge in [-0.05, 0) is 35.9 Å². The number of amides is 1. The summed E-state index contributed by atoms with van der Waals surface area (Å²) in [4.78, 5) is 11.8. The van der Waals surface area contributed by atoms with E-state index < -0.39 is 0 Å². The molecule has 1 aliphatic heterocycles. The van der Waals surface area contributed by atoms with Crippen molar-refractivity contribution in [2.24, 2.45) is 5.10 Å². The zero-order valence-corrected chi connectivity index (χ0v) is 16.9. The topological polar surface area (TPSA) is 70.9 Å². The van der Waals surface area contributed by atoms with Crippen molar-refractivity contribution < 1.29 is 14.6 Å². The van der Waals surface area contributed by atoms with Gasteiger partial charge >= 0.3 is 0 Å². The van der Waals surface area contributed by atoms with Gasteiger partial charge < -0.3 is 9.84 Å². The number of nitrogens with zero attached hydrogens (tertiary/aromatic N) is 1. The van der Waals surface area contributed by atoms with Gasteiger partial charge in [0.15, 0.2) is 6.61 Å². The van der Waals surface area contributed by atoms with Crippen LogP contribution in [-0.2, 0) is 4.79 Å². The Morgan fingerprint density at radius 3 is 2.73 bits per heavy atom. The van der Waals surface area contributed by atoms with Crippen molar-refractivity contribution in [1.29, 1.82) is 0 Å². The molecule has 0 radical (unpaired) electrons. The predicted octanol–water partition coefficient (Wildman–Crippen LogP) is 4.16. The number of carbonyl (C=O) groups is 1. The minimum Gasteiger partial charge on any atom is -0.507 e. The van der Waals surface area contributed by atoms with Gasteiger partial charge in [0, 0.05) is 21.5 Å². The lowest BCUT2D eigenvalue weighted by molar-refractivity contribution is -0.123. The molecule has 2 aromatic carbocycles. The first-order valence-electron chi connectivity index (χ1n) is 7.88. The molecule has 3 rings (SSSR count). The van der Waals surface area contributed by atoms with Crippen LogP contribution in [0.25, 0.3) is 0 Å². The lowest BCUT2D eigenvalue weighted by Gasteiger charge is -2.10. The molecule has 0 atom stereocenters. The summed E-state index contributed by atoms with van der Waals surface area (Å²) in [7, 11) is 0. The number of thioether (sulfide) groups is 2. The lowest BCUT2D eigenvalue weighted by atomic mass is 10.2. The average Bonchev–Trinajstić information content (AvgIpc) is 3.18. The van der Waals surface area contributed by atoms with Gasteiger partial charge in [0.05, 0.1) is 10.8 Å². The minimum atomic E-state index is -0.373. The van der Waals surface area contributed by atoms with Gasteiger partial charge in [0.2, 0.25) is 0 Å². The number of ether oxygens (including phenoxy) is 1. The number of phenolic OH excluding ortho intramolecular Hbond substituents is 1. The van der Waals surface area contributed by atoms with E-state index in [1.807, 2.05) is 47.8 Å². The highest BCUT2D eigenvalue weighted by Gasteiger charge is 2.17. The molecular weight excluding hydrogens is 436 g/mol. The van der Waals surface area contributed by atoms with Gasteiger partial charge in [-0.15, -0.1) is 23.5 Å². The van der Waals surface area contributed by atoms with Crippen molar-refractivity contribution >= 4 is 51.6 Å². The molecule has 1 heterocycles. The molecule has 1 saturated heterocycles. The number of carbonyl (C=O) groups excluding carboxylic acids is 1. The first-order chi connectivity index (χ1) is 12.6. The summed E-state index contributed by atoms with van der Waals surface area (Å²) in [5, 5.41) is 13.5. The van der Waals surface area contributed by atoms with Crippen LogP contribution >= 0.6 is 39.5 Å². The van der Waals surface area contributed by atoms with Gasteiger partial charge in [-0.2, -0.15) is 5.10 Å². The standard InChI is InChI=1S/C18H17BrN2O3S2/c19-14-3-6-16(22)13(9-14)10-20-21-17(23)11-24-15-4-1-12(2-5-15)18-25-7-8-26-18/h1-6,9-10,18,22H,7-8,11H2,(H,21,23)/b20-10-. The quantitative estimate of drug-likeness (QED) is 0.508. The smallest absolute Gasteiger partial charge is 0.277 e. The molecular formula is C18H17BrN2O3S2. The molecule has 0 bridgehead atoms. The number of halogens is 1. The maximum absolute atomic E-state index is 11.8. The summed E-state index contributed by atoms with van der Waals surface area (Å²) in [5.41, 5.74) is 4.15. The third-order valence-corrected chi connectivity index (χ3v) is 7.12. The Morgan fingerprint density at radius 1 is 1.27 bits per heavy atom. The lowest BCUT2D eigenvalue weighted by Crippen LogP contribution is -2.24. The van der Waals surface area contributed by atoms with Crippen LogP contribution in [0.4, 0.5) is 0 Å². The fraction of sp³-hybridized carbons (Fsp3) is 0.222. The zero-order valence-electron chi connectivity index (χ0n) is 13.7. The number of nitrogens with one attached hydrogen (secondary N) is 1. The highest BCUT2D eigenvalue weighted by Crippen LogP contribution is 2.45. The molecule has 0 aliphatic carbocycles. The molecule has 0 saturated carbocycles. The van der Waals surface area contributed by atoms with E-state index in [4.69, 9.17) is 4.74 Å². The number of rotatable bonds is 6. The van der Waals surface area contributed by atoms with E-state index in [-0.39, 0.29) is 18.3 Å². The van der Waals surface area contributed by atoms with Crippen LogP contribution in [0.1, 0.15) is 15.7 Å². The van der Waals surface area contributed by atoms with E-state index in [9.17, 15) is 9.90 Å². The number of benzene rings is 2. The Labute approximate surface area is 168 Å². The van der Waals surface area contributed by atoms with Gasteiger partial charge in [-0.3, -0.25) is 4.79 Å². The molecule has 8 heteroatoms. The highest BCUT2D eigenvalue weighted by atomic mass is 79.9. The number of hydrogen-bond acceptors (Lipinski definition) is 6. The van der Waals surface area contributed by atoms with E-state index in [1.165, 1.54) is 23.3 Å². The zero-order chi connectivity index (χ0) is 18.4. The monoisotopic (exact) mass is 452 g/mol. The van der Waals surface area contributed by atoms with Crippen molar-refractivity contribution in [2.75, 3.05) is 18.1 Å². The number of hydrazone groups is 1. The summed E-state index contributed by atoms with van der Waals surface area (Å²) >= 11 is 7.21. The number of hydrogen-bond donors (Lipinski definition) is 2. The summed E-state index contributed by atoms with van der Waals surface area (Å²) < 4.78 is 6.78. The normalized spacial score (nSPS) is 14.7. The highest BCUT2D eigenvalue weighted by molar-refractivity contribution is 9.10. The Hall–Kier alpha value is -1.64. The van der Waals surface area contributed by atoms with E-state index in [1.54, 1.807) is 18.2 Å². The van der Waals surface area contributed by atoms with Crippen LogP contribution in [-0.4, -0.2) is 35.3 Å². The Bertz CT molecular complexity index is 794. The maximum Gasteiger partial charge on any atom is 0.277 e. The first kappa shape index (κ1) is 19.1. The average molecular weight is 453 g/mol. The van der Waals surface area contributed by atoms with Gasteiger partial charge in [0.25, 0.3) is 5.91 Å². The summed E-state index contributed by atoms with van der Waals surface area (Å²) in [6.45, 7) is -0.131. The molecule has 26 heavy (non-hydrogen) atoms. The van der Waals surface area contributed by atoms with Crippen LogP contribution in [0, 0.1) is 0 Å². The molecule has 0 spiro atoms. The molecule has 0 aromatic heterocycles. The van der Waals surface area contributed by atoms with Gasteiger partial charge in [-0.1, -0.05) is 28.1 Å². The van der Waals surface area contributed by atoms with Crippen LogP contribution in [0.2, 0.25) is 0 Å². The van der Waals surface area contributed by atoms with Crippen molar-refractivity contribution in [3.8, 4) is 11.5 Å². The number of phenols is 1. The van der Waals surface area contributed by atoms with Gasteiger partial charge in [-0.25, -0.2) is 5.43 Å². The fourth-order valence-corrected chi connectivity index (χ4v) is 5.49. The first-order valence-corrected chi connectivity index (χ1v) is 10.8. The van der Waals surface area contributed by atoms with Crippen molar-refractivity contribution in [3.05, 3.63) is 58.1 Å². The van der Waals surface area contributed by atoms with Crippen molar-refractivity contribution in [1.82, 2.24) is 5.43 Å². The van der Waals surface area contributed by atoms with Crippen LogP contribution in [0.5, 0.6) is 11.5 Å². The van der Waals surface area contributed by atoms with E-state index in [0.717, 1.165) is 4.47 Å².